The summed E-state index contributed by atoms with van der Waals surface area (Å²) in [5.41, 5.74) is 1.46. The van der Waals surface area contributed by atoms with E-state index in [-0.39, 0.29) is 12.3 Å². The molecule has 1 heterocycles. The number of aliphatic hydroxyl groups excluding tert-OH is 1. The molecule has 2 rings (SSSR count). The number of oxazole rings is 1. The average molecular weight is 277 g/mol. The third-order valence-electron chi connectivity index (χ3n) is 2.79. The topological polar surface area (TPSA) is 92.6 Å². The highest BCUT2D eigenvalue weighted by Gasteiger charge is 2.10. The Labute approximate surface area is 115 Å². The van der Waals surface area contributed by atoms with E-state index in [1.165, 1.54) is 12.1 Å². The zero-order valence-corrected chi connectivity index (χ0v) is 11.0. The number of likely N-dealkylation sites (N-methyl/N-ethyl adjacent to an activating group) is 1. The van der Waals surface area contributed by atoms with Gasteiger partial charge in [-0.1, -0.05) is 0 Å². The molecule has 0 fully saturated rings. The molecule has 0 amide bonds. The average Bonchev–Trinajstić information content (AvgIpc) is 2.87. The van der Waals surface area contributed by atoms with Gasteiger partial charge in [0.15, 0.2) is 0 Å². The van der Waals surface area contributed by atoms with Gasteiger partial charge in [0.2, 0.25) is 5.89 Å². The van der Waals surface area contributed by atoms with Gasteiger partial charge in [-0.15, -0.1) is 0 Å². The number of hydrogen-bond donors (Lipinski definition) is 1. The molecule has 1 aromatic carbocycles. The van der Waals surface area contributed by atoms with Crippen LogP contribution in [-0.2, 0) is 6.54 Å². The lowest BCUT2D eigenvalue weighted by molar-refractivity contribution is -0.384. The molecule has 1 N–H and O–H groups in total. The van der Waals surface area contributed by atoms with Crippen LogP contribution in [0.2, 0.25) is 0 Å². The normalized spacial score (nSPS) is 10.9. The van der Waals surface area contributed by atoms with Crippen molar-refractivity contribution >= 4 is 5.69 Å². The largest absolute Gasteiger partial charge is 0.444 e. The molecule has 106 valence electrons. The minimum Gasteiger partial charge on any atom is -0.444 e. The summed E-state index contributed by atoms with van der Waals surface area (Å²) in [5, 5.41) is 19.4. The summed E-state index contributed by atoms with van der Waals surface area (Å²) in [6, 6.07) is 6.03. The van der Waals surface area contributed by atoms with Crippen LogP contribution < -0.4 is 0 Å². The number of nitro benzene ring substituents is 1. The van der Waals surface area contributed by atoms with Crippen LogP contribution in [0.25, 0.3) is 11.5 Å². The van der Waals surface area contributed by atoms with Crippen LogP contribution in [0.1, 0.15) is 5.69 Å². The van der Waals surface area contributed by atoms with Gasteiger partial charge in [-0.05, 0) is 19.2 Å². The number of aliphatic hydroxyl groups is 1. The molecule has 0 radical (unpaired) electrons. The molecule has 0 aliphatic heterocycles. The summed E-state index contributed by atoms with van der Waals surface area (Å²) in [6.45, 7) is 1.21. The van der Waals surface area contributed by atoms with Crippen molar-refractivity contribution in [3.05, 3.63) is 46.3 Å². The molecule has 1 aromatic heterocycles. The molecule has 0 atom stereocenters. The Bertz CT molecular complexity index is 580. The highest BCUT2D eigenvalue weighted by Crippen LogP contribution is 2.22. The van der Waals surface area contributed by atoms with Gasteiger partial charge < -0.3 is 9.52 Å². The summed E-state index contributed by atoms with van der Waals surface area (Å²) in [4.78, 5) is 16.4. The van der Waals surface area contributed by atoms with Crippen LogP contribution in [0.3, 0.4) is 0 Å². The van der Waals surface area contributed by atoms with E-state index in [9.17, 15) is 10.1 Å². The molecule has 7 nitrogen and oxygen atoms in total. The van der Waals surface area contributed by atoms with Gasteiger partial charge in [-0.25, -0.2) is 4.98 Å². The minimum atomic E-state index is -0.450. The first-order valence-electron chi connectivity index (χ1n) is 6.09. The SMILES string of the molecule is CN(CCO)Cc1coc(-c2ccc([N+](=O)[O-])cc2)n1. The monoisotopic (exact) mass is 277 g/mol. The predicted octanol–water partition coefficient (Wildman–Crippen LogP) is 1.67. The van der Waals surface area contributed by atoms with E-state index in [0.717, 1.165) is 5.69 Å². The molecular formula is C13H15N3O4. The summed E-state index contributed by atoms with van der Waals surface area (Å²) in [5.74, 6) is 0.423. The van der Waals surface area contributed by atoms with E-state index in [2.05, 4.69) is 4.98 Å². The maximum Gasteiger partial charge on any atom is 0.269 e. The van der Waals surface area contributed by atoms with Gasteiger partial charge in [0.25, 0.3) is 5.69 Å². The standard InChI is InChI=1S/C13H15N3O4/c1-15(6-7-17)8-11-9-20-13(14-11)10-2-4-12(5-3-10)16(18)19/h2-5,9,17H,6-8H2,1H3. The molecule has 7 heteroatoms. The second-order valence-electron chi connectivity index (χ2n) is 4.41. The number of nitrogens with zero attached hydrogens (tertiary/aromatic N) is 3. The van der Waals surface area contributed by atoms with E-state index in [4.69, 9.17) is 9.52 Å². The molecule has 0 saturated carbocycles. The van der Waals surface area contributed by atoms with Crippen molar-refractivity contribution < 1.29 is 14.4 Å². The van der Waals surface area contributed by atoms with E-state index in [1.807, 2.05) is 11.9 Å². The minimum absolute atomic E-state index is 0.0307. The van der Waals surface area contributed by atoms with Crippen LogP contribution in [0.4, 0.5) is 5.69 Å². The van der Waals surface area contributed by atoms with E-state index < -0.39 is 4.92 Å². The zero-order chi connectivity index (χ0) is 14.5. The molecule has 0 saturated heterocycles. The van der Waals surface area contributed by atoms with Crippen molar-refractivity contribution in [2.24, 2.45) is 0 Å². The van der Waals surface area contributed by atoms with Crippen LogP contribution >= 0.6 is 0 Å². The molecular weight excluding hydrogens is 262 g/mol. The Hall–Kier alpha value is -2.25. The molecule has 20 heavy (non-hydrogen) atoms. The molecule has 0 aliphatic carbocycles. The summed E-state index contributed by atoms with van der Waals surface area (Å²) >= 11 is 0. The van der Waals surface area contributed by atoms with Crippen molar-refractivity contribution in [1.29, 1.82) is 0 Å². The first-order valence-corrected chi connectivity index (χ1v) is 6.09. The highest BCUT2D eigenvalue weighted by atomic mass is 16.6. The fraction of sp³-hybridized carbons (Fsp3) is 0.308. The smallest absolute Gasteiger partial charge is 0.269 e. The summed E-state index contributed by atoms with van der Waals surface area (Å²) in [6.07, 6.45) is 1.55. The Balaban J connectivity index is 2.10. The summed E-state index contributed by atoms with van der Waals surface area (Å²) < 4.78 is 5.36. The number of non-ortho nitro benzene ring substituents is 1. The maximum absolute atomic E-state index is 10.6. The molecule has 2 aromatic rings. The molecule has 0 aliphatic rings. The van der Waals surface area contributed by atoms with E-state index >= 15 is 0 Å². The fourth-order valence-electron chi connectivity index (χ4n) is 1.76. The van der Waals surface area contributed by atoms with Gasteiger partial charge in [-0.2, -0.15) is 0 Å². The zero-order valence-electron chi connectivity index (χ0n) is 11.0. The molecule has 0 unspecified atom stereocenters. The van der Waals surface area contributed by atoms with Crippen LogP contribution in [-0.4, -0.2) is 40.1 Å². The number of rotatable bonds is 6. The quantitative estimate of drug-likeness (QED) is 0.637. The van der Waals surface area contributed by atoms with Crippen molar-refractivity contribution in [3.8, 4) is 11.5 Å². The van der Waals surface area contributed by atoms with E-state index in [1.54, 1.807) is 18.4 Å². The first kappa shape index (κ1) is 14.2. The van der Waals surface area contributed by atoms with E-state index in [0.29, 0.717) is 24.5 Å². The second kappa shape index (κ2) is 6.27. The van der Waals surface area contributed by atoms with Crippen LogP contribution in [0, 0.1) is 10.1 Å². The van der Waals surface area contributed by atoms with Gasteiger partial charge in [0.1, 0.15) is 6.26 Å². The van der Waals surface area contributed by atoms with Gasteiger partial charge in [0.05, 0.1) is 17.2 Å². The third-order valence-corrected chi connectivity index (χ3v) is 2.79. The first-order chi connectivity index (χ1) is 9.60. The van der Waals surface area contributed by atoms with Crippen molar-refractivity contribution in [1.82, 2.24) is 9.88 Å². The molecule has 0 bridgehead atoms. The Morgan fingerprint density at radius 2 is 2.10 bits per heavy atom. The lowest BCUT2D eigenvalue weighted by Gasteiger charge is -2.11. The second-order valence-corrected chi connectivity index (χ2v) is 4.41. The lowest BCUT2D eigenvalue weighted by Crippen LogP contribution is -2.21. The Kier molecular flexibility index (Phi) is 4.44. The predicted molar refractivity (Wildman–Crippen MR) is 72.0 cm³/mol. The van der Waals surface area contributed by atoms with Crippen LogP contribution in [0.15, 0.2) is 34.9 Å². The fourth-order valence-corrected chi connectivity index (χ4v) is 1.76. The lowest BCUT2D eigenvalue weighted by atomic mass is 10.2. The van der Waals surface area contributed by atoms with Crippen molar-refractivity contribution in [3.63, 3.8) is 0 Å². The number of aromatic nitrogens is 1. The number of nitro groups is 1. The molecule has 0 spiro atoms. The Morgan fingerprint density at radius 3 is 2.70 bits per heavy atom. The maximum atomic E-state index is 10.6. The van der Waals surface area contributed by atoms with Crippen molar-refractivity contribution in [2.75, 3.05) is 20.2 Å². The number of benzene rings is 1. The van der Waals surface area contributed by atoms with Gasteiger partial charge >= 0.3 is 0 Å². The van der Waals surface area contributed by atoms with Crippen LogP contribution in [0.5, 0.6) is 0 Å². The van der Waals surface area contributed by atoms with Gasteiger partial charge in [-0.3, -0.25) is 15.0 Å². The third kappa shape index (κ3) is 3.40. The Morgan fingerprint density at radius 1 is 1.40 bits per heavy atom. The van der Waals surface area contributed by atoms with Crippen molar-refractivity contribution in [2.45, 2.75) is 6.54 Å². The van der Waals surface area contributed by atoms with Gasteiger partial charge in [0, 0.05) is 30.8 Å². The summed E-state index contributed by atoms with van der Waals surface area (Å²) in [7, 11) is 1.87. The number of hydrogen-bond acceptors (Lipinski definition) is 6. The highest BCUT2D eigenvalue weighted by molar-refractivity contribution is 5.55.